The summed E-state index contributed by atoms with van der Waals surface area (Å²) in [5.41, 5.74) is 1.37. The lowest BCUT2D eigenvalue weighted by Gasteiger charge is -2.13. The van der Waals surface area contributed by atoms with Gasteiger partial charge >= 0.3 is 0 Å². The van der Waals surface area contributed by atoms with Crippen LogP contribution in [0.1, 0.15) is 20.3 Å². The minimum Gasteiger partial charge on any atom is -0.491 e. The second-order valence-corrected chi connectivity index (χ2v) is 6.23. The number of hydrogen-bond acceptors (Lipinski definition) is 3. The smallest absolute Gasteiger partial charge is 0.243 e. The Hall–Kier alpha value is -1.91. The lowest BCUT2D eigenvalue weighted by molar-refractivity contribution is -0.114. The second-order valence-electron chi connectivity index (χ2n) is 5.39. The molecule has 0 radical (unpaired) electrons. The van der Waals surface area contributed by atoms with E-state index in [9.17, 15) is 4.79 Å². The number of nitrogens with one attached hydrogen (secondary N) is 2. The van der Waals surface area contributed by atoms with Crippen LogP contribution in [0.15, 0.2) is 42.5 Å². The van der Waals surface area contributed by atoms with Crippen LogP contribution in [0.2, 0.25) is 10.0 Å². The Balaban J connectivity index is 1.85. The molecule has 1 atom stereocenters. The van der Waals surface area contributed by atoms with Gasteiger partial charge in [0.15, 0.2) is 0 Å². The van der Waals surface area contributed by atoms with E-state index in [0.717, 1.165) is 12.2 Å². The molecule has 4 nitrogen and oxygen atoms in total. The maximum absolute atomic E-state index is 12.0. The number of benzene rings is 2. The first kappa shape index (κ1) is 18.4. The fourth-order valence-corrected chi connectivity index (χ4v) is 2.42. The van der Waals surface area contributed by atoms with Crippen molar-refractivity contribution in [2.45, 2.75) is 26.4 Å². The lowest BCUT2D eigenvalue weighted by Crippen LogP contribution is -2.21. The zero-order chi connectivity index (χ0) is 17.5. The van der Waals surface area contributed by atoms with Crippen molar-refractivity contribution in [2.24, 2.45) is 0 Å². The molecule has 0 aliphatic carbocycles. The summed E-state index contributed by atoms with van der Waals surface area (Å²) < 4.78 is 5.70. The maximum Gasteiger partial charge on any atom is 0.243 e. The van der Waals surface area contributed by atoms with Crippen LogP contribution in [0, 0.1) is 0 Å². The second kappa shape index (κ2) is 8.81. The summed E-state index contributed by atoms with van der Waals surface area (Å²) in [6.45, 7) is 4.19. The van der Waals surface area contributed by atoms with Crippen molar-refractivity contribution in [3.63, 3.8) is 0 Å². The number of amides is 1. The molecule has 0 spiro atoms. The molecule has 0 saturated heterocycles. The molecule has 2 N–H and O–H groups in total. The van der Waals surface area contributed by atoms with Crippen molar-refractivity contribution in [2.75, 3.05) is 17.2 Å². The SMILES string of the molecule is CCC(C)Oc1ccc(NC(=O)CNc2ccc(Cl)cc2Cl)cc1. The first-order valence-electron chi connectivity index (χ1n) is 7.73. The van der Waals surface area contributed by atoms with E-state index in [4.69, 9.17) is 27.9 Å². The van der Waals surface area contributed by atoms with Crippen molar-refractivity contribution in [1.82, 2.24) is 0 Å². The van der Waals surface area contributed by atoms with Gasteiger partial charge in [0.05, 0.1) is 23.4 Å². The van der Waals surface area contributed by atoms with E-state index in [1.807, 2.05) is 31.2 Å². The molecule has 1 amide bonds. The van der Waals surface area contributed by atoms with Gasteiger partial charge in [-0.05, 0) is 55.8 Å². The molecule has 128 valence electrons. The minimum atomic E-state index is -0.170. The third kappa shape index (κ3) is 5.62. The van der Waals surface area contributed by atoms with Crippen LogP contribution >= 0.6 is 23.2 Å². The van der Waals surface area contributed by atoms with Crippen molar-refractivity contribution in [3.05, 3.63) is 52.5 Å². The molecular formula is C18H20Cl2N2O2. The number of carbonyl (C=O) groups excluding carboxylic acids is 1. The third-order valence-electron chi connectivity index (χ3n) is 3.42. The quantitative estimate of drug-likeness (QED) is 0.705. The van der Waals surface area contributed by atoms with Crippen LogP contribution in [-0.4, -0.2) is 18.6 Å². The number of ether oxygens (including phenoxy) is 1. The summed E-state index contributed by atoms with van der Waals surface area (Å²) in [7, 11) is 0. The first-order valence-corrected chi connectivity index (χ1v) is 8.49. The van der Waals surface area contributed by atoms with Crippen molar-refractivity contribution in [3.8, 4) is 5.75 Å². The number of anilines is 2. The molecule has 0 aromatic heterocycles. The Morgan fingerprint density at radius 1 is 1.17 bits per heavy atom. The number of carbonyl (C=O) groups is 1. The monoisotopic (exact) mass is 366 g/mol. The largest absolute Gasteiger partial charge is 0.491 e. The molecule has 0 aliphatic rings. The van der Waals surface area contributed by atoms with Gasteiger partial charge < -0.3 is 15.4 Å². The number of hydrogen-bond donors (Lipinski definition) is 2. The summed E-state index contributed by atoms with van der Waals surface area (Å²) in [5.74, 6) is 0.616. The number of rotatable bonds is 7. The van der Waals surface area contributed by atoms with Crippen LogP contribution in [-0.2, 0) is 4.79 Å². The average Bonchev–Trinajstić information content (AvgIpc) is 2.55. The van der Waals surface area contributed by atoms with E-state index in [2.05, 4.69) is 17.6 Å². The molecule has 0 heterocycles. The highest BCUT2D eigenvalue weighted by molar-refractivity contribution is 6.36. The van der Waals surface area contributed by atoms with Gasteiger partial charge in [-0.25, -0.2) is 0 Å². The van der Waals surface area contributed by atoms with E-state index in [1.54, 1.807) is 18.2 Å². The van der Waals surface area contributed by atoms with E-state index >= 15 is 0 Å². The summed E-state index contributed by atoms with van der Waals surface area (Å²) in [6, 6.07) is 12.4. The molecule has 0 saturated carbocycles. The maximum atomic E-state index is 12.0. The Morgan fingerprint density at radius 2 is 1.88 bits per heavy atom. The van der Waals surface area contributed by atoms with E-state index < -0.39 is 0 Å². The van der Waals surface area contributed by atoms with Gasteiger partial charge in [-0.2, -0.15) is 0 Å². The summed E-state index contributed by atoms with van der Waals surface area (Å²) in [4.78, 5) is 12.0. The standard InChI is InChI=1S/C18H20Cl2N2O2/c1-3-12(2)24-15-7-5-14(6-8-15)22-18(23)11-21-17-9-4-13(19)10-16(17)20/h4-10,12,21H,3,11H2,1-2H3,(H,22,23). The lowest BCUT2D eigenvalue weighted by atomic mass is 10.2. The van der Waals surface area contributed by atoms with E-state index in [1.165, 1.54) is 0 Å². The van der Waals surface area contributed by atoms with E-state index in [-0.39, 0.29) is 18.6 Å². The van der Waals surface area contributed by atoms with Crippen molar-refractivity contribution < 1.29 is 9.53 Å². The highest BCUT2D eigenvalue weighted by atomic mass is 35.5. The van der Waals surface area contributed by atoms with Crippen LogP contribution < -0.4 is 15.4 Å². The third-order valence-corrected chi connectivity index (χ3v) is 3.97. The number of halogens is 2. The first-order chi connectivity index (χ1) is 11.5. The molecule has 24 heavy (non-hydrogen) atoms. The molecule has 0 aliphatic heterocycles. The molecule has 1 unspecified atom stereocenters. The molecule has 2 rings (SSSR count). The summed E-state index contributed by atoms with van der Waals surface area (Å²) >= 11 is 11.9. The summed E-state index contributed by atoms with van der Waals surface area (Å²) in [6.07, 6.45) is 1.11. The zero-order valence-electron chi connectivity index (χ0n) is 13.6. The van der Waals surface area contributed by atoms with Crippen LogP contribution in [0.5, 0.6) is 5.75 Å². The van der Waals surface area contributed by atoms with Gasteiger partial charge in [0.25, 0.3) is 0 Å². The Labute approximate surface area is 152 Å². The molecule has 2 aromatic carbocycles. The average molecular weight is 367 g/mol. The highest BCUT2D eigenvalue weighted by Gasteiger charge is 2.06. The minimum absolute atomic E-state index is 0.104. The molecule has 6 heteroatoms. The fraction of sp³-hybridized carbons (Fsp3) is 0.278. The van der Waals surface area contributed by atoms with Crippen molar-refractivity contribution in [1.29, 1.82) is 0 Å². The predicted molar refractivity (Wildman–Crippen MR) is 100 cm³/mol. The fourth-order valence-electron chi connectivity index (χ4n) is 1.95. The van der Waals surface area contributed by atoms with Gasteiger partial charge in [0.1, 0.15) is 5.75 Å². The van der Waals surface area contributed by atoms with Gasteiger partial charge in [-0.3, -0.25) is 4.79 Å². The molecular weight excluding hydrogens is 347 g/mol. The zero-order valence-corrected chi connectivity index (χ0v) is 15.1. The summed E-state index contributed by atoms with van der Waals surface area (Å²) in [5, 5.41) is 6.81. The highest BCUT2D eigenvalue weighted by Crippen LogP contribution is 2.25. The Morgan fingerprint density at radius 3 is 2.50 bits per heavy atom. The molecule has 0 fully saturated rings. The topological polar surface area (TPSA) is 50.4 Å². The van der Waals surface area contributed by atoms with E-state index in [0.29, 0.717) is 21.4 Å². The van der Waals surface area contributed by atoms with Gasteiger partial charge in [-0.15, -0.1) is 0 Å². The normalized spacial score (nSPS) is 11.7. The Bertz CT molecular complexity index is 690. The molecule has 2 aromatic rings. The van der Waals surface area contributed by atoms with Crippen molar-refractivity contribution >= 4 is 40.5 Å². The van der Waals surface area contributed by atoms with Gasteiger partial charge in [0.2, 0.25) is 5.91 Å². The van der Waals surface area contributed by atoms with Crippen LogP contribution in [0.25, 0.3) is 0 Å². The predicted octanol–water partition coefficient (Wildman–Crippen LogP) is 5.22. The molecule has 0 bridgehead atoms. The van der Waals surface area contributed by atoms with Crippen LogP contribution in [0.4, 0.5) is 11.4 Å². The van der Waals surface area contributed by atoms with Gasteiger partial charge in [0, 0.05) is 10.7 Å². The van der Waals surface area contributed by atoms with Crippen LogP contribution in [0.3, 0.4) is 0 Å². The van der Waals surface area contributed by atoms with Gasteiger partial charge in [-0.1, -0.05) is 30.1 Å². The Kier molecular flexibility index (Phi) is 6.76.